The first-order chi connectivity index (χ1) is 14.7. The van der Waals surface area contributed by atoms with Crippen LogP contribution in [0.4, 0.5) is 0 Å². The summed E-state index contributed by atoms with van der Waals surface area (Å²) in [7, 11) is 0. The molecular weight excluding hydrogens is 392 g/mol. The van der Waals surface area contributed by atoms with Crippen molar-refractivity contribution >= 4 is 11.3 Å². The summed E-state index contributed by atoms with van der Waals surface area (Å²) < 4.78 is 0. The molecule has 31 heavy (non-hydrogen) atoms. The highest BCUT2D eigenvalue weighted by Gasteiger charge is 2.09. The molecule has 0 saturated carbocycles. The van der Waals surface area contributed by atoms with Crippen LogP contribution in [0.1, 0.15) is 70.9 Å². The Morgan fingerprint density at radius 2 is 1.16 bits per heavy atom. The maximum Gasteiger partial charge on any atom is 0.00477 e. The van der Waals surface area contributed by atoms with Gasteiger partial charge in [-0.15, -0.1) is 11.3 Å². The summed E-state index contributed by atoms with van der Waals surface area (Å²) in [4.78, 5) is 1.50. The summed E-state index contributed by atoms with van der Waals surface area (Å²) >= 11 is 1.85. The summed E-state index contributed by atoms with van der Waals surface area (Å²) in [6.45, 7) is 15.8. The Morgan fingerprint density at radius 1 is 0.645 bits per heavy atom. The second-order valence-corrected chi connectivity index (χ2v) is 11.3. The minimum Gasteiger partial charge on any atom is -0.149 e. The third-order valence-electron chi connectivity index (χ3n) is 4.68. The Kier molecular flexibility index (Phi) is 13.2. The second kappa shape index (κ2) is 15.0. The van der Waals surface area contributed by atoms with Crippen molar-refractivity contribution in [1.29, 1.82) is 0 Å². The lowest BCUT2D eigenvalue weighted by Crippen LogP contribution is -2.06. The van der Waals surface area contributed by atoms with E-state index in [2.05, 4.69) is 127 Å². The zero-order valence-corrected chi connectivity index (χ0v) is 21.7. The lowest BCUT2D eigenvalue weighted by Gasteiger charge is -2.17. The van der Waals surface area contributed by atoms with Gasteiger partial charge in [0, 0.05) is 4.88 Å². The average Bonchev–Trinajstić information content (AvgIpc) is 3.20. The smallest absolute Gasteiger partial charge is 0.00477 e. The van der Waals surface area contributed by atoms with E-state index < -0.39 is 0 Å². The summed E-state index contributed by atoms with van der Waals surface area (Å²) in [6.07, 6.45) is 4.89. The van der Waals surface area contributed by atoms with Crippen LogP contribution >= 0.6 is 11.3 Å². The highest BCUT2D eigenvalue weighted by Crippen LogP contribution is 2.21. The Bertz CT molecular complexity index is 762. The maximum atomic E-state index is 2.29. The summed E-state index contributed by atoms with van der Waals surface area (Å²) in [5.74, 6) is 1.56. The van der Waals surface area contributed by atoms with E-state index in [1.165, 1.54) is 41.7 Å². The van der Waals surface area contributed by atoms with Gasteiger partial charge in [0.15, 0.2) is 0 Å². The molecular formula is C30H44S. The second-order valence-electron chi connectivity index (χ2n) is 10.3. The molecule has 1 heteroatoms. The molecule has 0 amide bonds. The third-order valence-corrected chi connectivity index (χ3v) is 5.58. The van der Waals surface area contributed by atoms with Gasteiger partial charge in [-0.05, 0) is 65.5 Å². The Balaban J connectivity index is 0.000000235. The minimum absolute atomic E-state index is 0.454. The number of thiophene rings is 1. The van der Waals surface area contributed by atoms with Crippen molar-refractivity contribution in [3.63, 3.8) is 0 Å². The van der Waals surface area contributed by atoms with Gasteiger partial charge < -0.3 is 0 Å². The molecule has 3 rings (SSSR count). The SMILES string of the molecule is CC(C)(C)CCc1ccccc1.CC(C)Cc1ccccc1.CC(C)Cc1cccs1. The van der Waals surface area contributed by atoms with E-state index in [1.54, 1.807) is 0 Å². The van der Waals surface area contributed by atoms with E-state index in [0.29, 0.717) is 5.41 Å². The van der Waals surface area contributed by atoms with E-state index in [4.69, 9.17) is 0 Å². The topological polar surface area (TPSA) is 0 Å². The van der Waals surface area contributed by atoms with E-state index in [1.807, 2.05) is 11.3 Å². The first-order valence-corrected chi connectivity index (χ1v) is 12.6. The van der Waals surface area contributed by atoms with Gasteiger partial charge in [0.25, 0.3) is 0 Å². The maximum absolute atomic E-state index is 2.29. The van der Waals surface area contributed by atoms with Crippen LogP contribution in [0, 0.1) is 17.3 Å². The van der Waals surface area contributed by atoms with Crippen molar-refractivity contribution in [2.24, 2.45) is 17.3 Å². The van der Waals surface area contributed by atoms with E-state index >= 15 is 0 Å². The van der Waals surface area contributed by atoms with Crippen LogP contribution < -0.4 is 0 Å². The van der Waals surface area contributed by atoms with E-state index in [9.17, 15) is 0 Å². The predicted molar refractivity (Wildman–Crippen MR) is 142 cm³/mol. The molecule has 3 aromatic rings. The molecule has 0 aliphatic rings. The van der Waals surface area contributed by atoms with E-state index in [0.717, 1.165) is 11.8 Å². The van der Waals surface area contributed by atoms with Gasteiger partial charge in [-0.2, -0.15) is 0 Å². The zero-order chi connectivity index (χ0) is 23.1. The Morgan fingerprint density at radius 3 is 1.58 bits per heavy atom. The van der Waals surface area contributed by atoms with Gasteiger partial charge in [-0.1, -0.05) is 115 Å². The minimum atomic E-state index is 0.454. The Hall–Kier alpha value is -1.86. The van der Waals surface area contributed by atoms with Crippen molar-refractivity contribution < 1.29 is 0 Å². The lowest BCUT2D eigenvalue weighted by atomic mass is 9.89. The molecule has 0 aliphatic heterocycles. The van der Waals surface area contributed by atoms with Crippen molar-refractivity contribution in [2.45, 2.75) is 74.1 Å². The first-order valence-electron chi connectivity index (χ1n) is 11.8. The molecule has 0 fully saturated rings. The molecule has 0 nitrogen and oxygen atoms in total. The summed E-state index contributed by atoms with van der Waals surface area (Å²) in [5.41, 5.74) is 3.35. The van der Waals surface area contributed by atoms with Crippen molar-refractivity contribution in [3.05, 3.63) is 94.2 Å². The molecule has 0 bridgehead atoms. The van der Waals surface area contributed by atoms with Crippen LogP contribution in [0.25, 0.3) is 0 Å². The van der Waals surface area contributed by atoms with Gasteiger partial charge >= 0.3 is 0 Å². The molecule has 170 valence electrons. The summed E-state index contributed by atoms with van der Waals surface area (Å²) in [6, 6.07) is 25.6. The molecule has 2 aromatic carbocycles. The van der Waals surface area contributed by atoms with E-state index in [-0.39, 0.29) is 0 Å². The average molecular weight is 437 g/mol. The lowest BCUT2D eigenvalue weighted by molar-refractivity contribution is 0.378. The van der Waals surface area contributed by atoms with Crippen molar-refractivity contribution in [3.8, 4) is 0 Å². The molecule has 1 aromatic heterocycles. The highest BCUT2D eigenvalue weighted by atomic mass is 32.1. The molecule has 0 radical (unpaired) electrons. The fourth-order valence-corrected chi connectivity index (χ4v) is 4.00. The standard InChI is InChI=1S/C12H18.C10H14.C8H12S/c1-12(2,3)10-9-11-7-5-4-6-8-11;1-9(2)8-10-6-4-3-5-7-10;1-7(2)6-8-4-3-5-9-8/h4-8H,9-10H2,1-3H3;3-7,9H,8H2,1-2H3;3-5,7H,6H2,1-2H3. The Labute approximate surface area is 196 Å². The van der Waals surface area contributed by atoms with Crippen LogP contribution in [0.3, 0.4) is 0 Å². The highest BCUT2D eigenvalue weighted by molar-refractivity contribution is 7.09. The van der Waals surface area contributed by atoms with Gasteiger partial charge in [0.1, 0.15) is 0 Å². The molecule has 0 atom stereocenters. The van der Waals surface area contributed by atoms with Crippen molar-refractivity contribution in [2.75, 3.05) is 0 Å². The van der Waals surface area contributed by atoms with Crippen molar-refractivity contribution in [1.82, 2.24) is 0 Å². The molecule has 0 spiro atoms. The molecule has 0 unspecified atom stereocenters. The van der Waals surface area contributed by atoms with Gasteiger partial charge in [-0.3, -0.25) is 0 Å². The summed E-state index contributed by atoms with van der Waals surface area (Å²) in [5, 5.41) is 2.14. The molecule has 0 N–H and O–H groups in total. The molecule has 1 heterocycles. The van der Waals surface area contributed by atoms with Crippen LogP contribution in [0.15, 0.2) is 78.2 Å². The fraction of sp³-hybridized carbons (Fsp3) is 0.467. The monoisotopic (exact) mass is 436 g/mol. The third kappa shape index (κ3) is 15.6. The predicted octanol–water partition coefficient (Wildman–Crippen LogP) is 9.50. The van der Waals surface area contributed by atoms with Gasteiger partial charge in [-0.25, -0.2) is 0 Å². The fourth-order valence-electron chi connectivity index (χ4n) is 3.08. The number of aryl methyl sites for hydroxylation is 1. The number of benzene rings is 2. The van der Waals surface area contributed by atoms with Crippen LogP contribution in [0.2, 0.25) is 0 Å². The van der Waals surface area contributed by atoms with Crippen LogP contribution in [0.5, 0.6) is 0 Å². The van der Waals surface area contributed by atoms with Crippen LogP contribution in [-0.4, -0.2) is 0 Å². The number of rotatable bonds is 6. The largest absolute Gasteiger partial charge is 0.149 e. The zero-order valence-electron chi connectivity index (χ0n) is 20.9. The van der Waals surface area contributed by atoms with Gasteiger partial charge in [0.2, 0.25) is 0 Å². The molecule has 0 saturated heterocycles. The quantitative estimate of drug-likeness (QED) is 0.361. The number of hydrogen-bond donors (Lipinski definition) is 0. The normalized spacial score (nSPS) is 10.9. The molecule has 0 aliphatic carbocycles. The van der Waals surface area contributed by atoms with Crippen LogP contribution in [-0.2, 0) is 19.3 Å². The van der Waals surface area contributed by atoms with Gasteiger partial charge in [0.05, 0.1) is 0 Å². The number of hydrogen-bond acceptors (Lipinski definition) is 1. The first kappa shape index (κ1) is 27.2.